The highest BCUT2D eigenvalue weighted by Crippen LogP contribution is 2.15. The van der Waals surface area contributed by atoms with E-state index in [0.29, 0.717) is 11.3 Å². The van der Waals surface area contributed by atoms with Crippen LogP contribution in [0.5, 0.6) is 0 Å². The number of nitrogens with zero attached hydrogens (tertiary/aromatic N) is 1. The highest BCUT2D eigenvalue weighted by Gasteiger charge is 2.19. The number of nitrogens with one attached hydrogen (secondary N) is 1. The second-order valence-electron chi connectivity index (χ2n) is 5.50. The number of benzene rings is 1. The molecule has 6 nitrogen and oxygen atoms in total. The Morgan fingerprint density at radius 1 is 1.14 bits per heavy atom. The van der Waals surface area contributed by atoms with Gasteiger partial charge in [0.15, 0.2) is 0 Å². The number of amides is 2. The van der Waals surface area contributed by atoms with Crippen LogP contribution < -0.4 is 5.32 Å². The van der Waals surface area contributed by atoms with Crippen LogP contribution in [-0.4, -0.2) is 50.2 Å². The molecule has 0 spiro atoms. The third-order valence-electron chi connectivity index (χ3n) is 3.51. The average Bonchev–Trinajstić information content (AvgIpc) is 2.99. The summed E-state index contributed by atoms with van der Waals surface area (Å²) in [6, 6.07) is 6.66. The Hall–Kier alpha value is -1.89. The third-order valence-corrected chi connectivity index (χ3v) is 4.45. The van der Waals surface area contributed by atoms with Crippen molar-refractivity contribution < 1.29 is 18.0 Å². The van der Waals surface area contributed by atoms with Crippen molar-refractivity contribution in [2.45, 2.75) is 19.3 Å². The molecule has 0 bridgehead atoms. The van der Waals surface area contributed by atoms with E-state index in [1.54, 1.807) is 24.3 Å². The van der Waals surface area contributed by atoms with Crippen molar-refractivity contribution in [2.24, 2.45) is 0 Å². The van der Waals surface area contributed by atoms with Crippen molar-refractivity contribution >= 4 is 27.3 Å². The van der Waals surface area contributed by atoms with Gasteiger partial charge in [-0.3, -0.25) is 9.59 Å². The normalized spacial score (nSPS) is 14.9. The van der Waals surface area contributed by atoms with Crippen molar-refractivity contribution in [3.05, 3.63) is 29.8 Å². The first-order valence-corrected chi connectivity index (χ1v) is 9.28. The van der Waals surface area contributed by atoms with Gasteiger partial charge in [0.2, 0.25) is 5.91 Å². The molecule has 1 aromatic rings. The van der Waals surface area contributed by atoms with Crippen molar-refractivity contribution in [1.82, 2.24) is 4.90 Å². The zero-order valence-electron chi connectivity index (χ0n) is 12.5. The summed E-state index contributed by atoms with van der Waals surface area (Å²) < 4.78 is 22.0. The van der Waals surface area contributed by atoms with Gasteiger partial charge in [0, 0.05) is 37.0 Å². The minimum absolute atomic E-state index is 0.00690. The van der Waals surface area contributed by atoms with Crippen LogP contribution >= 0.6 is 0 Å². The van der Waals surface area contributed by atoms with Crippen molar-refractivity contribution in [2.75, 3.05) is 30.4 Å². The van der Waals surface area contributed by atoms with E-state index >= 15 is 0 Å². The first kappa shape index (κ1) is 16.5. The van der Waals surface area contributed by atoms with Gasteiger partial charge in [0.1, 0.15) is 9.84 Å². The van der Waals surface area contributed by atoms with E-state index < -0.39 is 9.84 Å². The number of sulfone groups is 1. The molecule has 22 heavy (non-hydrogen) atoms. The largest absolute Gasteiger partial charge is 0.339 e. The van der Waals surface area contributed by atoms with E-state index in [0.717, 1.165) is 32.2 Å². The summed E-state index contributed by atoms with van der Waals surface area (Å²) in [6.45, 7) is 1.59. The van der Waals surface area contributed by atoms with E-state index in [-0.39, 0.29) is 24.0 Å². The maximum atomic E-state index is 12.2. The van der Waals surface area contributed by atoms with E-state index in [1.807, 2.05) is 4.90 Å². The van der Waals surface area contributed by atoms with Crippen LogP contribution in [0.25, 0.3) is 0 Å². The fourth-order valence-electron chi connectivity index (χ4n) is 2.30. The lowest BCUT2D eigenvalue weighted by molar-refractivity contribution is -0.115. The molecule has 1 heterocycles. The van der Waals surface area contributed by atoms with Gasteiger partial charge < -0.3 is 10.2 Å². The second-order valence-corrected chi connectivity index (χ2v) is 7.76. The summed E-state index contributed by atoms with van der Waals surface area (Å²) in [5, 5.41) is 2.62. The Morgan fingerprint density at radius 2 is 1.73 bits per heavy atom. The molecule has 1 N–H and O–H groups in total. The monoisotopic (exact) mass is 324 g/mol. The number of carbonyl (C=O) groups is 2. The molecule has 1 aliphatic rings. The van der Waals surface area contributed by atoms with Gasteiger partial charge in [-0.05, 0) is 37.1 Å². The van der Waals surface area contributed by atoms with Gasteiger partial charge in [-0.15, -0.1) is 0 Å². The molecule has 1 fully saturated rings. The van der Waals surface area contributed by atoms with Crippen LogP contribution in [-0.2, 0) is 14.6 Å². The molecule has 0 aromatic heterocycles. The summed E-state index contributed by atoms with van der Waals surface area (Å²) >= 11 is 0. The van der Waals surface area contributed by atoms with Gasteiger partial charge >= 0.3 is 0 Å². The van der Waals surface area contributed by atoms with Gasteiger partial charge in [-0.25, -0.2) is 8.42 Å². The van der Waals surface area contributed by atoms with Gasteiger partial charge in [-0.1, -0.05) is 0 Å². The van der Waals surface area contributed by atoms with E-state index in [9.17, 15) is 18.0 Å². The Balaban J connectivity index is 1.91. The number of likely N-dealkylation sites (tertiary alicyclic amines) is 1. The lowest BCUT2D eigenvalue weighted by Gasteiger charge is -2.15. The molecular formula is C15H20N2O4S. The number of rotatable bonds is 5. The quantitative estimate of drug-likeness (QED) is 0.885. The zero-order chi connectivity index (χ0) is 16.2. The Labute approximate surface area is 130 Å². The molecule has 0 unspecified atom stereocenters. The predicted octanol–water partition coefficient (Wildman–Crippen LogP) is 1.30. The average molecular weight is 324 g/mol. The lowest BCUT2D eigenvalue weighted by Crippen LogP contribution is -2.27. The molecule has 2 rings (SSSR count). The van der Waals surface area contributed by atoms with Crippen LogP contribution in [0.1, 0.15) is 29.6 Å². The van der Waals surface area contributed by atoms with E-state index in [1.165, 1.54) is 0 Å². The summed E-state index contributed by atoms with van der Waals surface area (Å²) in [5.74, 6) is -0.527. The molecule has 2 amide bonds. The fourth-order valence-corrected chi connectivity index (χ4v) is 2.86. The van der Waals surface area contributed by atoms with Crippen LogP contribution in [0, 0.1) is 0 Å². The SMILES string of the molecule is CS(=O)(=O)CCC(=O)Nc1ccc(C(=O)N2CCCC2)cc1. The van der Waals surface area contributed by atoms with Gasteiger partial charge in [-0.2, -0.15) is 0 Å². The van der Waals surface area contributed by atoms with E-state index in [4.69, 9.17) is 0 Å². The minimum Gasteiger partial charge on any atom is -0.339 e. The molecule has 0 atom stereocenters. The highest BCUT2D eigenvalue weighted by molar-refractivity contribution is 7.90. The third kappa shape index (κ3) is 4.84. The molecule has 1 aromatic carbocycles. The van der Waals surface area contributed by atoms with Crippen molar-refractivity contribution in [3.8, 4) is 0 Å². The Morgan fingerprint density at radius 3 is 2.27 bits per heavy atom. The molecule has 1 saturated heterocycles. The topological polar surface area (TPSA) is 83.5 Å². The molecule has 0 saturated carbocycles. The number of hydrogen-bond acceptors (Lipinski definition) is 4. The maximum Gasteiger partial charge on any atom is 0.253 e. The van der Waals surface area contributed by atoms with Crippen molar-refractivity contribution in [1.29, 1.82) is 0 Å². The first-order valence-electron chi connectivity index (χ1n) is 7.22. The molecule has 1 aliphatic heterocycles. The summed E-state index contributed by atoms with van der Waals surface area (Å²) in [6.07, 6.45) is 3.10. The van der Waals surface area contributed by atoms with Gasteiger partial charge in [0.25, 0.3) is 5.91 Å². The Kier molecular flexibility index (Phi) is 5.18. The summed E-state index contributed by atoms with van der Waals surface area (Å²) in [7, 11) is -3.15. The zero-order valence-corrected chi connectivity index (χ0v) is 13.4. The van der Waals surface area contributed by atoms with Gasteiger partial charge in [0.05, 0.1) is 5.75 Å². The molecule has 0 aliphatic carbocycles. The number of carbonyl (C=O) groups excluding carboxylic acids is 2. The lowest BCUT2D eigenvalue weighted by atomic mass is 10.2. The maximum absolute atomic E-state index is 12.2. The fraction of sp³-hybridized carbons (Fsp3) is 0.467. The van der Waals surface area contributed by atoms with E-state index in [2.05, 4.69) is 5.32 Å². The first-order chi connectivity index (χ1) is 10.3. The predicted molar refractivity (Wildman–Crippen MR) is 84.5 cm³/mol. The van der Waals surface area contributed by atoms with Crippen LogP contribution in [0.15, 0.2) is 24.3 Å². The standard InChI is InChI=1S/C15H20N2O4S/c1-22(20,21)11-8-14(18)16-13-6-4-12(5-7-13)15(19)17-9-2-3-10-17/h4-7H,2-3,8-11H2,1H3,(H,16,18). The Bertz CT molecular complexity index is 647. The molecule has 7 heteroatoms. The van der Waals surface area contributed by atoms with Crippen molar-refractivity contribution in [3.63, 3.8) is 0 Å². The highest BCUT2D eigenvalue weighted by atomic mass is 32.2. The smallest absolute Gasteiger partial charge is 0.253 e. The summed E-state index contributed by atoms with van der Waals surface area (Å²) in [5.41, 5.74) is 1.15. The van der Waals surface area contributed by atoms with Crippen LogP contribution in [0.3, 0.4) is 0 Å². The van der Waals surface area contributed by atoms with Crippen LogP contribution in [0.4, 0.5) is 5.69 Å². The molecular weight excluding hydrogens is 304 g/mol. The molecule has 120 valence electrons. The van der Waals surface area contributed by atoms with Crippen LogP contribution in [0.2, 0.25) is 0 Å². The minimum atomic E-state index is -3.15. The number of anilines is 1. The molecule has 0 radical (unpaired) electrons. The number of hydrogen-bond donors (Lipinski definition) is 1. The summed E-state index contributed by atoms with van der Waals surface area (Å²) in [4.78, 5) is 25.6. The second kappa shape index (κ2) is 6.91.